The Morgan fingerprint density at radius 1 is 1.30 bits per heavy atom. The van der Waals surface area contributed by atoms with E-state index in [1.807, 2.05) is 13.8 Å². The molecule has 1 aromatic carbocycles. The minimum absolute atomic E-state index is 0.208. The third kappa shape index (κ3) is 2.30. The number of aliphatic hydroxyl groups is 1. The Bertz CT molecular complexity index is 500. The Morgan fingerprint density at radius 2 is 2.00 bits per heavy atom. The van der Waals surface area contributed by atoms with Gasteiger partial charge >= 0.3 is 0 Å². The van der Waals surface area contributed by atoms with Crippen LogP contribution < -0.4 is 4.74 Å². The lowest BCUT2D eigenvalue weighted by Gasteiger charge is -2.49. The molecule has 1 saturated heterocycles. The molecule has 0 aliphatic carbocycles. The third-order valence-electron chi connectivity index (χ3n) is 4.11. The molecule has 20 heavy (non-hydrogen) atoms. The molecule has 2 unspecified atom stereocenters. The molecule has 4 nitrogen and oxygen atoms in total. The van der Waals surface area contributed by atoms with Crippen LogP contribution in [0.3, 0.4) is 0 Å². The van der Waals surface area contributed by atoms with Crippen molar-refractivity contribution in [2.45, 2.75) is 31.6 Å². The van der Waals surface area contributed by atoms with E-state index in [9.17, 15) is 9.50 Å². The van der Waals surface area contributed by atoms with Crippen molar-refractivity contribution in [3.05, 3.63) is 29.6 Å². The molecule has 0 amide bonds. The minimum atomic E-state index is -0.762. The molecule has 3 rings (SSSR count). The van der Waals surface area contributed by atoms with E-state index in [0.717, 1.165) is 13.1 Å². The summed E-state index contributed by atoms with van der Waals surface area (Å²) in [4.78, 5) is 2.17. The van der Waals surface area contributed by atoms with Gasteiger partial charge in [-0.15, -0.1) is 0 Å². The van der Waals surface area contributed by atoms with Crippen molar-refractivity contribution in [2.24, 2.45) is 0 Å². The van der Waals surface area contributed by atoms with Crippen LogP contribution in [-0.2, 0) is 4.74 Å². The molecule has 1 fully saturated rings. The lowest BCUT2D eigenvalue weighted by atomic mass is 9.84. The summed E-state index contributed by atoms with van der Waals surface area (Å²) < 4.78 is 24.8. The van der Waals surface area contributed by atoms with Gasteiger partial charge in [-0.3, -0.25) is 4.90 Å². The molecule has 1 aromatic rings. The maximum absolute atomic E-state index is 13.4. The quantitative estimate of drug-likeness (QED) is 0.851. The number of halogens is 1. The Morgan fingerprint density at radius 3 is 2.70 bits per heavy atom. The molecule has 5 heteroatoms. The van der Waals surface area contributed by atoms with Crippen LogP contribution >= 0.6 is 0 Å². The van der Waals surface area contributed by atoms with E-state index in [0.29, 0.717) is 24.5 Å². The van der Waals surface area contributed by atoms with E-state index in [4.69, 9.17) is 9.47 Å². The van der Waals surface area contributed by atoms with E-state index in [1.165, 1.54) is 12.1 Å². The lowest BCUT2D eigenvalue weighted by molar-refractivity contribution is -0.107. The normalized spacial score (nSPS) is 29.6. The number of hydrogen-bond acceptors (Lipinski definition) is 4. The first-order chi connectivity index (χ1) is 9.49. The van der Waals surface area contributed by atoms with Gasteiger partial charge < -0.3 is 14.6 Å². The summed E-state index contributed by atoms with van der Waals surface area (Å²) in [6.07, 6.45) is -0.762. The monoisotopic (exact) mass is 281 g/mol. The molecule has 0 aromatic heterocycles. The van der Waals surface area contributed by atoms with Crippen molar-refractivity contribution in [1.82, 2.24) is 4.90 Å². The summed E-state index contributed by atoms with van der Waals surface area (Å²) >= 11 is 0. The standard InChI is InChI=1S/C15H20FNO3/c1-15(2)14(17-5-7-19-8-6-17)13(18)11-9-10(16)3-4-12(11)20-15/h3-4,9,13-14,18H,5-8H2,1-2H3. The molecular weight excluding hydrogens is 261 g/mol. The molecule has 1 N–H and O–H groups in total. The maximum Gasteiger partial charge on any atom is 0.126 e. The third-order valence-corrected chi connectivity index (χ3v) is 4.11. The molecule has 0 spiro atoms. The molecule has 2 atom stereocenters. The van der Waals surface area contributed by atoms with Crippen molar-refractivity contribution in [3.63, 3.8) is 0 Å². The highest BCUT2D eigenvalue weighted by Crippen LogP contribution is 2.42. The molecule has 110 valence electrons. The smallest absolute Gasteiger partial charge is 0.126 e. The Balaban J connectivity index is 1.97. The van der Waals surface area contributed by atoms with Gasteiger partial charge in [0.25, 0.3) is 0 Å². The fourth-order valence-electron chi connectivity index (χ4n) is 3.23. The van der Waals surface area contributed by atoms with Crippen LogP contribution in [0.5, 0.6) is 5.75 Å². The van der Waals surface area contributed by atoms with Crippen LogP contribution in [0.2, 0.25) is 0 Å². The van der Waals surface area contributed by atoms with Crippen molar-refractivity contribution >= 4 is 0 Å². The molecular formula is C15H20FNO3. The second-order valence-electron chi connectivity index (χ2n) is 5.93. The second kappa shape index (κ2) is 4.98. The van der Waals surface area contributed by atoms with Gasteiger partial charge in [-0.25, -0.2) is 4.39 Å². The van der Waals surface area contributed by atoms with E-state index < -0.39 is 11.7 Å². The number of aliphatic hydroxyl groups excluding tert-OH is 1. The van der Waals surface area contributed by atoms with Crippen molar-refractivity contribution in [2.75, 3.05) is 26.3 Å². The molecule has 0 saturated carbocycles. The number of fused-ring (bicyclic) bond motifs is 1. The van der Waals surface area contributed by atoms with Gasteiger partial charge in [-0.1, -0.05) is 0 Å². The van der Waals surface area contributed by atoms with Gasteiger partial charge in [0.1, 0.15) is 23.3 Å². The summed E-state index contributed by atoms with van der Waals surface area (Å²) in [7, 11) is 0. The summed E-state index contributed by atoms with van der Waals surface area (Å²) in [5, 5.41) is 10.7. The van der Waals surface area contributed by atoms with Crippen LogP contribution in [0.1, 0.15) is 25.5 Å². The fraction of sp³-hybridized carbons (Fsp3) is 0.600. The van der Waals surface area contributed by atoms with Crippen molar-refractivity contribution < 1.29 is 19.0 Å². The van der Waals surface area contributed by atoms with Crippen molar-refractivity contribution in [3.8, 4) is 5.75 Å². The van der Waals surface area contributed by atoms with E-state index >= 15 is 0 Å². The van der Waals surface area contributed by atoms with Gasteiger partial charge in [-0.2, -0.15) is 0 Å². The zero-order valence-electron chi connectivity index (χ0n) is 11.8. The number of nitrogens with zero attached hydrogens (tertiary/aromatic N) is 1. The number of morpholine rings is 1. The van der Waals surface area contributed by atoms with Crippen LogP contribution in [0.4, 0.5) is 4.39 Å². The first kappa shape index (κ1) is 13.8. The Labute approximate surface area is 118 Å². The van der Waals surface area contributed by atoms with Gasteiger partial charge in [-0.05, 0) is 32.0 Å². The zero-order chi connectivity index (χ0) is 14.3. The Kier molecular flexibility index (Phi) is 3.44. The molecule has 0 bridgehead atoms. The zero-order valence-corrected chi connectivity index (χ0v) is 11.8. The van der Waals surface area contributed by atoms with E-state index in [2.05, 4.69) is 4.90 Å². The van der Waals surface area contributed by atoms with Crippen molar-refractivity contribution in [1.29, 1.82) is 0 Å². The van der Waals surface area contributed by atoms with Crippen LogP contribution in [-0.4, -0.2) is 48.0 Å². The van der Waals surface area contributed by atoms with E-state index in [1.54, 1.807) is 6.07 Å². The number of benzene rings is 1. The average Bonchev–Trinajstić information content (AvgIpc) is 2.40. The van der Waals surface area contributed by atoms with E-state index in [-0.39, 0.29) is 11.9 Å². The van der Waals surface area contributed by atoms with Gasteiger partial charge in [0.2, 0.25) is 0 Å². The predicted molar refractivity (Wildman–Crippen MR) is 72.2 cm³/mol. The highest BCUT2D eigenvalue weighted by molar-refractivity contribution is 5.40. The topological polar surface area (TPSA) is 41.9 Å². The average molecular weight is 281 g/mol. The number of ether oxygens (including phenoxy) is 2. The second-order valence-corrected chi connectivity index (χ2v) is 5.93. The summed E-state index contributed by atoms with van der Waals surface area (Å²) in [6.45, 7) is 6.72. The summed E-state index contributed by atoms with van der Waals surface area (Å²) in [5.41, 5.74) is -0.0116. The maximum atomic E-state index is 13.4. The number of hydrogen-bond donors (Lipinski definition) is 1. The SMILES string of the molecule is CC1(C)Oc2ccc(F)cc2C(O)C1N1CCOCC1. The summed E-state index contributed by atoms with van der Waals surface area (Å²) in [6, 6.07) is 4.10. The Hall–Kier alpha value is -1.17. The molecule has 2 aliphatic rings. The fourth-order valence-corrected chi connectivity index (χ4v) is 3.23. The highest BCUT2D eigenvalue weighted by Gasteiger charge is 2.46. The first-order valence-corrected chi connectivity index (χ1v) is 6.97. The van der Waals surface area contributed by atoms with Crippen LogP contribution in [0.25, 0.3) is 0 Å². The van der Waals surface area contributed by atoms with Gasteiger partial charge in [0.05, 0.1) is 19.3 Å². The van der Waals surface area contributed by atoms with Gasteiger partial charge in [0.15, 0.2) is 0 Å². The first-order valence-electron chi connectivity index (χ1n) is 6.97. The molecule has 0 radical (unpaired) electrons. The highest BCUT2D eigenvalue weighted by atomic mass is 19.1. The number of rotatable bonds is 1. The summed E-state index contributed by atoms with van der Waals surface area (Å²) in [5.74, 6) is 0.209. The molecule has 2 heterocycles. The van der Waals surface area contributed by atoms with Crippen LogP contribution in [0, 0.1) is 5.82 Å². The van der Waals surface area contributed by atoms with Crippen LogP contribution in [0.15, 0.2) is 18.2 Å². The predicted octanol–water partition coefficient (Wildman–Crippen LogP) is 1.73. The van der Waals surface area contributed by atoms with Gasteiger partial charge in [0, 0.05) is 18.7 Å². The lowest BCUT2D eigenvalue weighted by Crippen LogP contribution is -2.60. The molecule has 2 aliphatic heterocycles. The minimum Gasteiger partial charge on any atom is -0.486 e. The largest absolute Gasteiger partial charge is 0.486 e.